The van der Waals surface area contributed by atoms with Crippen molar-refractivity contribution < 1.29 is 4.39 Å². The fraction of sp³-hybridized carbons (Fsp3) is 0.700. The van der Waals surface area contributed by atoms with Crippen molar-refractivity contribution in [3.05, 3.63) is 16.6 Å². The van der Waals surface area contributed by atoms with Gasteiger partial charge in [-0.1, -0.05) is 13.8 Å². The van der Waals surface area contributed by atoms with Gasteiger partial charge in [-0.15, -0.1) is 11.3 Å². The van der Waals surface area contributed by atoms with E-state index < -0.39 is 11.1 Å². The predicted octanol–water partition coefficient (Wildman–Crippen LogP) is 2.15. The molecule has 1 aliphatic rings. The maximum atomic E-state index is 14.4. The smallest absolute Gasteiger partial charge is 0.125 e. The van der Waals surface area contributed by atoms with E-state index in [0.717, 1.165) is 5.01 Å². The Labute approximate surface area is 87.3 Å². The van der Waals surface area contributed by atoms with Crippen molar-refractivity contribution in [3.63, 3.8) is 0 Å². The molecule has 0 saturated heterocycles. The monoisotopic (exact) mass is 214 g/mol. The minimum atomic E-state index is -1.16. The van der Waals surface area contributed by atoms with Crippen LogP contribution in [0.2, 0.25) is 0 Å². The summed E-state index contributed by atoms with van der Waals surface area (Å²) in [5.74, 6) is 0. The van der Waals surface area contributed by atoms with Crippen LogP contribution in [0.25, 0.3) is 0 Å². The lowest BCUT2D eigenvalue weighted by molar-refractivity contribution is -0.100. The third-order valence-corrected chi connectivity index (χ3v) is 4.32. The third-order valence-electron chi connectivity index (χ3n) is 3.54. The van der Waals surface area contributed by atoms with E-state index in [2.05, 4.69) is 4.98 Å². The van der Waals surface area contributed by atoms with Crippen molar-refractivity contribution in [2.24, 2.45) is 11.1 Å². The molecule has 2 N–H and O–H groups in total. The number of hydrogen-bond donors (Lipinski definition) is 1. The quantitative estimate of drug-likeness (QED) is 0.819. The van der Waals surface area contributed by atoms with Crippen molar-refractivity contribution in [2.75, 3.05) is 0 Å². The second-order valence-corrected chi connectivity index (χ2v) is 5.58. The Kier molecular flexibility index (Phi) is 2.16. The van der Waals surface area contributed by atoms with E-state index in [4.69, 9.17) is 5.73 Å². The summed E-state index contributed by atoms with van der Waals surface area (Å²) in [4.78, 5) is 4.11. The van der Waals surface area contributed by atoms with Crippen LogP contribution in [0.1, 0.15) is 25.3 Å². The number of halogens is 1. The number of rotatable bonds is 2. The molecule has 0 aromatic carbocycles. The molecule has 4 heteroatoms. The summed E-state index contributed by atoms with van der Waals surface area (Å²) in [5, 5.41) is 2.75. The van der Waals surface area contributed by atoms with Crippen LogP contribution in [0.15, 0.2) is 11.6 Å². The van der Waals surface area contributed by atoms with Gasteiger partial charge in [-0.3, -0.25) is 0 Å². The lowest BCUT2D eigenvalue weighted by Gasteiger charge is -2.55. The fourth-order valence-corrected chi connectivity index (χ4v) is 2.66. The zero-order chi connectivity index (χ0) is 10.4. The Morgan fingerprint density at radius 2 is 2.43 bits per heavy atom. The number of aromatic nitrogens is 1. The minimum absolute atomic E-state index is 0.0209. The maximum absolute atomic E-state index is 14.4. The van der Waals surface area contributed by atoms with E-state index >= 15 is 0 Å². The van der Waals surface area contributed by atoms with Gasteiger partial charge in [-0.25, -0.2) is 9.37 Å². The first kappa shape index (κ1) is 10.1. The first-order valence-electron chi connectivity index (χ1n) is 4.78. The number of nitrogens with two attached hydrogens (primary N) is 1. The summed E-state index contributed by atoms with van der Waals surface area (Å²) in [6, 6.07) is -0.0209. The summed E-state index contributed by atoms with van der Waals surface area (Å²) >= 11 is 1.51. The summed E-state index contributed by atoms with van der Waals surface area (Å²) in [5.41, 5.74) is 4.22. The second kappa shape index (κ2) is 3.00. The average Bonchev–Trinajstić information content (AvgIpc) is 2.56. The molecule has 2 unspecified atom stereocenters. The molecule has 2 atom stereocenters. The summed E-state index contributed by atoms with van der Waals surface area (Å²) < 4.78 is 14.4. The number of hydrogen-bond acceptors (Lipinski definition) is 3. The Hall–Kier alpha value is -0.480. The van der Waals surface area contributed by atoms with Gasteiger partial charge in [0.05, 0.1) is 5.01 Å². The molecule has 14 heavy (non-hydrogen) atoms. The van der Waals surface area contributed by atoms with E-state index in [9.17, 15) is 4.39 Å². The van der Waals surface area contributed by atoms with Crippen LogP contribution in [-0.4, -0.2) is 16.7 Å². The molecule has 2 nitrogen and oxygen atoms in total. The molecule has 0 amide bonds. The molecular weight excluding hydrogens is 199 g/mol. The van der Waals surface area contributed by atoms with Crippen LogP contribution < -0.4 is 5.73 Å². The van der Waals surface area contributed by atoms with Gasteiger partial charge in [0.2, 0.25) is 0 Å². The zero-order valence-electron chi connectivity index (χ0n) is 8.46. The van der Waals surface area contributed by atoms with Gasteiger partial charge in [-0.2, -0.15) is 0 Å². The van der Waals surface area contributed by atoms with Gasteiger partial charge >= 0.3 is 0 Å². The Bertz CT molecular complexity index is 323. The third kappa shape index (κ3) is 1.28. The SMILES string of the molecule is CC1(C)C(N)CC1(F)Cc1nccs1. The van der Waals surface area contributed by atoms with Crippen LogP contribution in [0.5, 0.6) is 0 Å². The maximum Gasteiger partial charge on any atom is 0.125 e. The highest BCUT2D eigenvalue weighted by atomic mass is 32.1. The molecule has 0 aliphatic heterocycles. The highest BCUT2D eigenvalue weighted by Crippen LogP contribution is 2.53. The molecule has 1 heterocycles. The lowest BCUT2D eigenvalue weighted by Crippen LogP contribution is -2.65. The van der Waals surface area contributed by atoms with Crippen molar-refractivity contribution in [1.82, 2.24) is 4.98 Å². The molecule has 0 bridgehead atoms. The normalized spacial score (nSPS) is 35.3. The van der Waals surface area contributed by atoms with Crippen molar-refractivity contribution >= 4 is 11.3 Å². The largest absolute Gasteiger partial charge is 0.327 e. The molecule has 1 aromatic heterocycles. The van der Waals surface area contributed by atoms with Crippen LogP contribution in [0.3, 0.4) is 0 Å². The Morgan fingerprint density at radius 3 is 2.86 bits per heavy atom. The Balaban J connectivity index is 2.12. The van der Waals surface area contributed by atoms with Crippen molar-refractivity contribution in [3.8, 4) is 0 Å². The number of nitrogens with zero attached hydrogens (tertiary/aromatic N) is 1. The van der Waals surface area contributed by atoms with Crippen LogP contribution in [0, 0.1) is 5.41 Å². The molecule has 1 fully saturated rings. The highest BCUT2D eigenvalue weighted by Gasteiger charge is 2.59. The van der Waals surface area contributed by atoms with Crippen LogP contribution >= 0.6 is 11.3 Å². The lowest BCUT2D eigenvalue weighted by atomic mass is 9.55. The van der Waals surface area contributed by atoms with E-state index in [-0.39, 0.29) is 6.04 Å². The second-order valence-electron chi connectivity index (χ2n) is 4.60. The van der Waals surface area contributed by atoms with Gasteiger partial charge in [0.25, 0.3) is 0 Å². The summed E-state index contributed by atoms with van der Waals surface area (Å²) in [6.07, 6.45) is 2.58. The topological polar surface area (TPSA) is 38.9 Å². The minimum Gasteiger partial charge on any atom is -0.327 e. The van der Waals surface area contributed by atoms with Gasteiger partial charge in [0.15, 0.2) is 0 Å². The van der Waals surface area contributed by atoms with Gasteiger partial charge in [-0.05, 0) is 6.42 Å². The van der Waals surface area contributed by atoms with E-state index in [1.54, 1.807) is 6.20 Å². The van der Waals surface area contributed by atoms with Gasteiger partial charge in [0.1, 0.15) is 5.67 Å². The van der Waals surface area contributed by atoms with Gasteiger partial charge in [0, 0.05) is 29.5 Å². The average molecular weight is 214 g/mol. The summed E-state index contributed by atoms with van der Waals surface area (Å²) in [6.45, 7) is 3.80. The Morgan fingerprint density at radius 1 is 1.71 bits per heavy atom. The number of alkyl halides is 1. The molecule has 1 aliphatic carbocycles. The fourth-order valence-electron chi connectivity index (χ4n) is 1.95. The number of thiazole rings is 1. The van der Waals surface area contributed by atoms with E-state index in [1.807, 2.05) is 19.2 Å². The van der Waals surface area contributed by atoms with Crippen LogP contribution in [0.4, 0.5) is 4.39 Å². The van der Waals surface area contributed by atoms with Crippen molar-refractivity contribution in [1.29, 1.82) is 0 Å². The highest BCUT2D eigenvalue weighted by molar-refractivity contribution is 7.09. The molecule has 2 rings (SSSR count). The van der Waals surface area contributed by atoms with Crippen LogP contribution in [-0.2, 0) is 6.42 Å². The van der Waals surface area contributed by atoms with E-state index in [0.29, 0.717) is 12.8 Å². The molecule has 0 radical (unpaired) electrons. The zero-order valence-corrected chi connectivity index (χ0v) is 9.27. The molecule has 0 spiro atoms. The van der Waals surface area contributed by atoms with Crippen molar-refractivity contribution in [2.45, 2.75) is 38.4 Å². The molecule has 78 valence electrons. The van der Waals surface area contributed by atoms with Gasteiger partial charge < -0.3 is 5.73 Å². The van der Waals surface area contributed by atoms with E-state index in [1.165, 1.54) is 11.3 Å². The predicted molar refractivity (Wildman–Crippen MR) is 56.0 cm³/mol. The molecule has 1 aromatic rings. The molecule has 1 saturated carbocycles. The molecular formula is C10H15FN2S. The first-order valence-corrected chi connectivity index (χ1v) is 5.66. The standard InChI is InChI=1S/C10H15FN2S/c1-9(2)7(12)5-10(9,11)6-8-13-3-4-14-8/h3-4,7H,5-6,12H2,1-2H3. The summed E-state index contributed by atoms with van der Waals surface area (Å²) in [7, 11) is 0. The first-order chi connectivity index (χ1) is 6.46.